The van der Waals surface area contributed by atoms with Gasteiger partial charge < -0.3 is 0 Å². The highest BCUT2D eigenvalue weighted by atomic mass is 31.1. The van der Waals surface area contributed by atoms with E-state index in [0.717, 1.165) is 19.3 Å². The van der Waals surface area contributed by atoms with E-state index in [-0.39, 0.29) is 13.6 Å². The second kappa shape index (κ2) is 6.15. The van der Waals surface area contributed by atoms with E-state index in [1.165, 1.54) is 17.5 Å². The highest BCUT2D eigenvalue weighted by molar-refractivity contribution is 7.25. The Balaban J connectivity index is 2.90. The fourth-order valence-corrected chi connectivity index (χ4v) is 2.72. The maximum Gasteiger partial charge on any atom is 0.335 e. The fourth-order valence-electron chi connectivity index (χ4n) is 2.08. The van der Waals surface area contributed by atoms with Gasteiger partial charge >= 0.3 is 8.46 Å². The van der Waals surface area contributed by atoms with Crippen LogP contribution in [0.4, 0.5) is 0 Å². The van der Waals surface area contributed by atoms with E-state index in [1.54, 1.807) is 0 Å². The van der Waals surface area contributed by atoms with Crippen LogP contribution in [0.3, 0.4) is 0 Å². The fraction of sp³-hybridized carbons (Fsp3) is 0.571. The van der Waals surface area contributed by atoms with Crippen molar-refractivity contribution in [3.63, 3.8) is 0 Å². The molecule has 2 unspecified atom stereocenters. The molecule has 0 amide bonds. The van der Waals surface area contributed by atoms with Crippen LogP contribution in [0.15, 0.2) is 24.3 Å². The van der Waals surface area contributed by atoms with E-state index in [0.29, 0.717) is 0 Å². The lowest BCUT2D eigenvalue weighted by atomic mass is 9.94. The van der Waals surface area contributed by atoms with Crippen molar-refractivity contribution in [3.8, 4) is 0 Å². The van der Waals surface area contributed by atoms with Crippen molar-refractivity contribution < 1.29 is 4.57 Å². The molecule has 1 aromatic rings. The van der Waals surface area contributed by atoms with Gasteiger partial charge in [0.25, 0.3) is 0 Å². The predicted molar refractivity (Wildman–Crippen MR) is 71.7 cm³/mol. The van der Waals surface area contributed by atoms with E-state index < -0.39 is 0 Å². The third kappa shape index (κ3) is 3.15. The molecule has 0 spiro atoms. The number of benzene rings is 1. The summed E-state index contributed by atoms with van der Waals surface area (Å²) in [5, 5.41) is -0.153. The van der Waals surface area contributed by atoms with E-state index in [2.05, 4.69) is 45.0 Å². The molecule has 16 heavy (non-hydrogen) atoms. The summed E-state index contributed by atoms with van der Waals surface area (Å²) in [6.07, 6.45) is 4.36. The van der Waals surface area contributed by atoms with Crippen LogP contribution in [0.1, 0.15) is 51.2 Å². The van der Waals surface area contributed by atoms with Gasteiger partial charge in [0.1, 0.15) is 0 Å². The van der Waals surface area contributed by atoms with Crippen molar-refractivity contribution >= 4 is 8.46 Å². The zero-order valence-electron chi connectivity index (χ0n) is 10.5. The monoisotopic (exact) mass is 237 g/mol. The summed E-state index contributed by atoms with van der Waals surface area (Å²) in [5.41, 5.74) is 2.59. The second-order valence-corrected chi connectivity index (χ2v) is 5.94. The first-order chi connectivity index (χ1) is 7.66. The maximum absolute atomic E-state index is 11.4. The van der Waals surface area contributed by atoms with Crippen LogP contribution in [-0.2, 0) is 16.1 Å². The van der Waals surface area contributed by atoms with Crippen molar-refractivity contribution in [3.05, 3.63) is 35.4 Å². The van der Waals surface area contributed by atoms with Gasteiger partial charge in [0.05, 0.1) is 0 Å². The molecular formula is C14H22OP+. The van der Waals surface area contributed by atoms with Gasteiger partial charge in [-0.05, 0) is 18.9 Å². The Bertz CT molecular complexity index is 331. The Kier molecular flexibility index (Phi) is 5.15. The highest BCUT2D eigenvalue weighted by Gasteiger charge is 2.33. The van der Waals surface area contributed by atoms with Crippen LogP contribution in [-0.4, -0.2) is 0 Å². The Morgan fingerprint density at radius 2 is 1.75 bits per heavy atom. The van der Waals surface area contributed by atoms with Gasteiger partial charge in [-0.1, -0.05) is 55.5 Å². The number of hydrogen-bond donors (Lipinski definition) is 0. The average molecular weight is 237 g/mol. The zero-order chi connectivity index (χ0) is 12.0. The van der Waals surface area contributed by atoms with Gasteiger partial charge in [0.15, 0.2) is 5.16 Å². The van der Waals surface area contributed by atoms with E-state index >= 15 is 0 Å². The van der Waals surface area contributed by atoms with Gasteiger partial charge in [0.2, 0.25) is 0 Å². The maximum atomic E-state index is 11.4. The van der Waals surface area contributed by atoms with E-state index in [9.17, 15) is 4.57 Å². The summed E-state index contributed by atoms with van der Waals surface area (Å²) in [4.78, 5) is 0. The van der Waals surface area contributed by atoms with E-state index in [1.807, 2.05) is 0 Å². The third-order valence-electron chi connectivity index (χ3n) is 3.11. The summed E-state index contributed by atoms with van der Waals surface area (Å²) in [5.74, 6) is 0. The van der Waals surface area contributed by atoms with Gasteiger partial charge in [-0.3, -0.25) is 0 Å². The molecule has 0 aliphatic carbocycles. The smallest absolute Gasteiger partial charge is 0.0764 e. The first kappa shape index (κ1) is 13.4. The molecule has 0 bridgehead atoms. The minimum Gasteiger partial charge on any atom is -0.0764 e. The molecule has 0 saturated carbocycles. The van der Waals surface area contributed by atoms with Crippen molar-refractivity contribution in [1.29, 1.82) is 0 Å². The van der Waals surface area contributed by atoms with Crippen LogP contribution < -0.4 is 0 Å². The first-order valence-electron chi connectivity index (χ1n) is 6.15. The number of hydrogen-bond acceptors (Lipinski definition) is 1. The van der Waals surface area contributed by atoms with Crippen molar-refractivity contribution in [2.45, 2.75) is 51.6 Å². The molecular weight excluding hydrogens is 215 g/mol. The zero-order valence-corrected chi connectivity index (χ0v) is 11.5. The highest BCUT2D eigenvalue weighted by Crippen LogP contribution is 2.39. The minimum absolute atomic E-state index is 0.153. The second-order valence-electron chi connectivity index (χ2n) is 4.63. The lowest BCUT2D eigenvalue weighted by Gasteiger charge is -2.15. The molecule has 0 aromatic heterocycles. The quantitative estimate of drug-likeness (QED) is 0.656. The lowest BCUT2D eigenvalue weighted by Crippen LogP contribution is -2.13. The third-order valence-corrected chi connectivity index (χ3v) is 4.09. The molecule has 1 nitrogen and oxygen atoms in total. The molecule has 0 saturated heterocycles. The molecule has 88 valence electrons. The summed E-state index contributed by atoms with van der Waals surface area (Å²) >= 11 is 0. The average Bonchev–Trinajstić information content (AvgIpc) is 2.30. The largest absolute Gasteiger partial charge is 0.335 e. The molecule has 1 rings (SSSR count). The van der Waals surface area contributed by atoms with Crippen LogP contribution in [0.2, 0.25) is 0 Å². The molecule has 0 radical (unpaired) electrons. The van der Waals surface area contributed by atoms with Crippen LogP contribution in [0, 0.1) is 0 Å². The van der Waals surface area contributed by atoms with Crippen molar-refractivity contribution in [2.24, 2.45) is 0 Å². The molecule has 2 heteroatoms. The topological polar surface area (TPSA) is 17.1 Å². The summed E-state index contributed by atoms with van der Waals surface area (Å²) in [6, 6.07) is 8.64. The van der Waals surface area contributed by atoms with Crippen LogP contribution in [0.25, 0.3) is 0 Å². The van der Waals surface area contributed by atoms with Gasteiger partial charge in [0, 0.05) is 12.0 Å². The number of aryl methyl sites for hydroxylation is 1. The van der Waals surface area contributed by atoms with E-state index in [4.69, 9.17) is 0 Å². The Labute approximate surface area is 100 Å². The SMILES string of the molecule is CCCc1ccc(C(C)(CCC)[PH+]=O)cc1. The molecule has 0 aliphatic heterocycles. The van der Waals surface area contributed by atoms with Crippen LogP contribution >= 0.6 is 8.46 Å². The van der Waals surface area contributed by atoms with Crippen molar-refractivity contribution in [1.82, 2.24) is 0 Å². The summed E-state index contributed by atoms with van der Waals surface area (Å²) in [6.45, 7) is 6.43. The first-order valence-corrected chi connectivity index (χ1v) is 7.06. The molecule has 0 N–H and O–H groups in total. The van der Waals surface area contributed by atoms with Gasteiger partial charge in [-0.25, -0.2) is 0 Å². The Morgan fingerprint density at radius 1 is 1.12 bits per heavy atom. The minimum atomic E-state index is -0.266. The Hall–Kier alpha value is -0.680. The van der Waals surface area contributed by atoms with Gasteiger partial charge in [-0.2, -0.15) is 0 Å². The summed E-state index contributed by atoms with van der Waals surface area (Å²) in [7, 11) is -0.266. The molecule has 0 heterocycles. The van der Waals surface area contributed by atoms with Crippen molar-refractivity contribution in [2.75, 3.05) is 0 Å². The normalized spacial score (nSPS) is 14.9. The summed E-state index contributed by atoms with van der Waals surface area (Å²) < 4.78 is 11.4. The molecule has 1 aromatic carbocycles. The standard InChI is InChI=1S/C14H21OP/c1-4-6-12-7-9-13(10-8-12)14(3,16-15)11-5-2/h7-10H,4-6,11H2,1-3H3/p+1. The molecule has 2 atom stereocenters. The van der Waals surface area contributed by atoms with Gasteiger partial charge in [-0.15, -0.1) is 0 Å². The number of rotatable bonds is 6. The molecule has 0 aliphatic rings. The lowest BCUT2D eigenvalue weighted by molar-refractivity contribution is 0.539. The van der Waals surface area contributed by atoms with Crippen LogP contribution in [0.5, 0.6) is 0 Å². The Morgan fingerprint density at radius 3 is 2.19 bits per heavy atom. The predicted octanol–water partition coefficient (Wildman–Crippen LogP) is 4.68. The molecule has 0 fully saturated rings.